The van der Waals surface area contributed by atoms with Crippen molar-refractivity contribution in [3.63, 3.8) is 0 Å². The smallest absolute Gasteiger partial charge is 0.329 e. The summed E-state index contributed by atoms with van der Waals surface area (Å²) in [6.07, 6.45) is 1.59. The zero-order valence-corrected chi connectivity index (χ0v) is 17.0. The van der Waals surface area contributed by atoms with Gasteiger partial charge in [-0.25, -0.2) is 9.78 Å². The number of nitrogens with zero attached hydrogens (tertiary/aromatic N) is 3. The van der Waals surface area contributed by atoms with Crippen LogP contribution in [0.5, 0.6) is 0 Å². The summed E-state index contributed by atoms with van der Waals surface area (Å²) >= 11 is 1.09. The van der Waals surface area contributed by atoms with E-state index in [1.54, 1.807) is 0 Å². The first-order valence-corrected chi connectivity index (χ1v) is 10.2. The van der Waals surface area contributed by atoms with Crippen molar-refractivity contribution >= 4 is 23.4 Å². The number of hydrogen-bond acceptors (Lipinski definition) is 7. The minimum atomic E-state index is -0.780. The summed E-state index contributed by atoms with van der Waals surface area (Å²) in [5.74, 6) is -0.0875. The number of aryl methyl sites for hydroxylation is 1. The molecule has 0 bridgehead atoms. The van der Waals surface area contributed by atoms with Crippen molar-refractivity contribution in [1.29, 1.82) is 0 Å². The molecule has 3 rings (SSSR count). The zero-order chi connectivity index (χ0) is 21.0. The van der Waals surface area contributed by atoms with E-state index in [1.807, 2.05) is 31.2 Å². The fraction of sp³-hybridized carbons (Fsp3) is 0.316. The summed E-state index contributed by atoms with van der Waals surface area (Å²) < 4.78 is 1.20. The third kappa shape index (κ3) is 4.48. The largest absolute Gasteiger partial charge is 0.384 e. The maximum atomic E-state index is 12.6. The molecule has 0 aliphatic heterocycles. The molecule has 4 N–H and O–H groups in total. The highest BCUT2D eigenvalue weighted by Crippen LogP contribution is 2.21. The van der Waals surface area contributed by atoms with Crippen LogP contribution in [0.1, 0.15) is 36.2 Å². The topological polar surface area (TPSA) is 140 Å². The molecule has 2 aromatic heterocycles. The molecule has 0 aliphatic rings. The van der Waals surface area contributed by atoms with Gasteiger partial charge in [-0.1, -0.05) is 49.9 Å². The van der Waals surface area contributed by atoms with Crippen LogP contribution in [0.3, 0.4) is 0 Å². The lowest BCUT2D eigenvalue weighted by molar-refractivity contribution is 0.102. The van der Waals surface area contributed by atoms with Gasteiger partial charge in [-0.15, -0.1) is 5.10 Å². The maximum absolute atomic E-state index is 12.6. The van der Waals surface area contributed by atoms with Crippen LogP contribution in [0, 0.1) is 0 Å². The van der Waals surface area contributed by atoms with Crippen molar-refractivity contribution in [2.24, 2.45) is 0 Å². The average molecular weight is 414 g/mol. The van der Waals surface area contributed by atoms with E-state index in [1.165, 1.54) is 10.1 Å². The summed E-state index contributed by atoms with van der Waals surface area (Å²) in [4.78, 5) is 43.1. The monoisotopic (exact) mass is 414 g/mol. The van der Waals surface area contributed by atoms with Crippen LogP contribution in [0.4, 0.5) is 5.82 Å². The maximum Gasteiger partial charge on any atom is 0.329 e. The number of hydrogen-bond donors (Lipinski definition) is 3. The van der Waals surface area contributed by atoms with Gasteiger partial charge in [0.1, 0.15) is 11.4 Å². The Morgan fingerprint density at radius 3 is 2.59 bits per heavy atom. The number of nitrogens with two attached hydrogens (primary N) is 1. The van der Waals surface area contributed by atoms with Gasteiger partial charge in [0, 0.05) is 12.1 Å². The Balaban J connectivity index is 1.75. The average Bonchev–Trinajstić information content (AvgIpc) is 3.18. The third-order valence-corrected chi connectivity index (χ3v) is 5.25. The fourth-order valence-corrected chi connectivity index (χ4v) is 3.51. The highest BCUT2D eigenvalue weighted by molar-refractivity contribution is 7.99. The van der Waals surface area contributed by atoms with E-state index in [2.05, 4.69) is 27.1 Å². The zero-order valence-electron chi connectivity index (χ0n) is 16.2. The molecule has 3 aromatic rings. The molecule has 9 nitrogen and oxygen atoms in total. The molecule has 29 heavy (non-hydrogen) atoms. The van der Waals surface area contributed by atoms with Gasteiger partial charge in [0.2, 0.25) is 5.16 Å². The molecule has 0 fully saturated rings. The second-order valence-corrected chi connectivity index (χ2v) is 7.34. The van der Waals surface area contributed by atoms with Crippen LogP contribution in [-0.4, -0.2) is 36.3 Å². The van der Waals surface area contributed by atoms with E-state index in [9.17, 15) is 14.4 Å². The number of carbonyl (C=O) groups excluding carboxylic acids is 1. The molecule has 0 unspecified atom stereocenters. The number of thioether (sulfide) groups is 1. The number of anilines is 1. The Hall–Kier alpha value is -3.14. The number of H-pyrrole nitrogens is 2. The molecule has 0 aliphatic carbocycles. The van der Waals surface area contributed by atoms with Crippen LogP contribution < -0.4 is 17.0 Å². The lowest BCUT2D eigenvalue weighted by Gasteiger charge is -2.10. The number of ketones is 1. The molecule has 10 heteroatoms. The molecule has 2 heterocycles. The number of nitrogen functional groups attached to an aromatic ring is 1. The minimum absolute atomic E-state index is 0.0797. The summed E-state index contributed by atoms with van der Waals surface area (Å²) in [5.41, 5.74) is 6.42. The second-order valence-electron chi connectivity index (χ2n) is 6.40. The van der Waals surface area contributed by atoms with E-state index in [-0.39, 0.29) is 17.1 Å². The summed E-state index contributed by atoms with van der Waals surface area (Å²) in [5, 5.41) is 7.34. The van der Waals surface area contributed by atoms with Crippen molar-refractivity contribution in [2.75, 3.05) is 11.5 Å². The van der Waals surface area contributed by atoms with Gasteiger partial charge >= 0.3 is 5.69 Å². The standard InChI is InChI=1S/C19H22N6O3S/c1-3-9-25-15(20)14(17(27)22-19(25)28)13(26)10-29-18-21-16(23-24-18)12-7-5-11(4-2)6-8-12/h5-8H,3-4,9-10,20H2,1-2H3,(H,21,23,24)(H,22,27,28). The van der Waals surface area contributed by atoms with Crippen molar-refractivity contribution in [3.8, 4) is 11.4 Å². The Labute approximate surface area is 170 Å². The summed E-state index contributed by atoms with van der Waals surface area (Å²) in [6.45, 7) is 4.27. The Kier molecular flexibility index (Phi) is 6.32. The minimum Gasteiger partial charge on any atom is -0.384 e. The van der Waals surface area contributed by atoms with Gasteiger partial charge in [0.25, 0.3) is 5.56 Å². The normalized spacial score (nSPS) is 11.0. The molecule has 0 atom stereocenters. The molecule has 0 saturated carbocycles. The molecule has 0 radical (unpaired) electrons. The summed E-state index contributed by atoms with van der Waals surface area (Å²) in [6, 6.07) is 7.95. The van der Waals surface area contributed by atoms with Gasteiger partial charge < -0.3 is 5.73 Å². The fourth-order valence-electron chi connectivity index (χ4n) is 2.84. The van der Waals surface area contributed by atoms with E-state index in [0.29, 0.717) is 23.9 Å². The van der Waals surface area contributed by atoms with E-state index in [0.717, 1.165) is 23.7 Å². The van der Waals surface area contributed by atoms with E-state index in [4.69, 9.17) is 5.73 Å². The number of aromatic nitrogens is 5. The lowest BCUT2D eigenvalue weighted by Crippen LogP contribution is -2.36. The van der Waals surface area contributed by atoms with Gasteiger partial charge in [0.05, 0.1) is 5.75 Å². The number of aromatic amines is 2. The SMILES string of the molecule is CCCn1c(N)c(C(=O)CSc2n[nH]c(-c3ccc(CC)cc3)n2)c(=O)[nH]c1=O. The van der Waals surface area contributed by atoms with Crippen LogP contribution in [0.25, 0.3) is 11.4 Å². The molecule has 1 aromatic carbocycles. The molecule has 0 spiro atoms. The van der Waals surface area contributed by atoms with Gasteiger partial charge in [0.15, 0.2) is 11.6 Å². The quantitative estimate of drug-likeness (QED) is 0.377. The molecule has 0 amide bonds. The summed E-state index contributed by atoms with van der Waals surface area (Å²) in [7, 11) is 0. The van der Waals surface area contributed by atoms with Gasteiger partial charge in [-0.3, -0.25) is 24.2 Å². The number of carbonyl (C=O) groups is 1. The van der Waals surface area contributed by atoms with Crippen LogP contribution in [0.15, 0.2) is 39.0 Å². The molecular weight excluding hydrogens is 392 g/mol. The van der Waals surface area contributed by atoms with Gasteiger partial charge in [-0.2, -0.15) is 0 Å². The first-order chi connectivity index (χ1) is 13.9. The molecular formula is C19H22N6O3S. The van der Waals surface area contributed by atoms with Crippen molar-refractivity contribution in [3.05, 3.63) is 56.2 Å². The van der Waals surface area contributed by atoms with Crippen molar-refractivity contribution in [2.45, 2.75) is 38.4 Å². The van der Waals surface area contributed by atoms with Crippen molar-refractivity contribution in [1.82, 2.24) is 24.7 Å². The first kappa shape index (κ1) is 20.6. The van der Waals surface area contributed by atoms with Crippen molar-refractivity contribution < 1.29 is 4.79 Å². The first-order valence-electron chi connectivity index (χ1n) is 9.24. The predicted octanol–water partition coefficient (Wildman–Crippen LogP) is 1.85. The van der Waals surface area contributed by atoms with E-state index >= 15 is 0 Å². The number of rotatable bonds is 8. The van der Waals surface area contributed by atoms with Crippen LogP contribution >= 0.6 is 11.8 Å². The molecule has 152 valence electrons. The predicted molar refractivity (Wildman–Crippen MR) is 112 cm³/mol. The van der Waals surface area contributed by atoms with Crippen LogP contribution in [-0.2, 0) is 13.0 Å². The van der Waals surface area contributed by atoms with E-state index < -0.39 is 17.0 Å². The third-order valence-electron chi connectivity index (χ3n) is 4.40. The highest BCUT2D eigenvalue weighted by atomic mass is 32.2. The Morgan fingerprint density at radius 2 is 1.93 bits per heavy atom. The number of nitrogens with one attached hydrogen (secondary N) is 2. The number of benzene rings is 1. The highest BCUT2D eigenvalue weighted by Gasteiger charge is 2.20. The lowest BCUT2D eigenvalue weighted by atomic mass is 10.1. The molecule has 0 saturated heterocycles. The number of Topliss-reactive ketones (excluding diaryl/α,β-unsaturated/α-hetero) is 1. The van der Waals surface area contributed by atoms with Crippen LogP contribution in [0.2, 0.25) is 0 Å². The second kappa shape index (κ2) is 8.91. The Morgan fingerprint density at radius 1 is 1.21 bits per heavy atom. The van der Waals surface area contributed by atoms with Gasteiger partial charge in [-0.05, 0) is 18.4 Å². The Bertz CT molecular complexity index is 1130.